The monoisotopic (exact) mass is 536 g/mol. The maximum atomic E-state index is 13.2. The number of halogens is 1. The highest BCUT2D eigenvalue weighted by Gasteiger charge is 2.25. The summed E-state index contributed by atoms with van der Waals surface area (Å²) in [6, 6.07) is 17.5. The van der Waals surface area contributed by atoms with E-state index in [1.165, 1.54) is 29.5 Å². The number of aryl methyl sites for hydroxylation is 3. The molecule has 0 radical (unpaired) electrons. The highest BCUT2D eigenvalue weighted by molar-refractivity contribution is 7.99. The van der Waals surface area contributed by atoms with E-state index >= 15 is 0 Å². The van der Waals surface area contributed by atoms with E-state index in [4.69, 9.17) is 9.47 Å². The number of hydrogen-bond acceptors (Lipinski definition) is 7. The molecular weight excluding hydrogens is 507 g/mol. The van der Waals surface area contributed by atoms with Crippen molar-refractivity contribution in [2.75, 3.05) is 13.2 Å². The zero-order valence-corrected chi connectivity index (χ0v) is 22.5. The largest absolute Gasteiger partial charge is 0.490 e. The van der Waals surface area contributed by atoms with Crippen LogP contribution >= 0.6 is 11.8 Å². The van der Waals surface area contributed by atoms with Crippen molar-refractivity contribution in [3.63, 3.8) is 0 Å². The second kappa shape index (κ2) is 12.1. The highest BCUT2D eigenvalue weighted by Crippen LogP contribution is 2.40. The number of nitro groups is 1. The molecule has 3 aromatic carbocycles. The summed E-state index contributed by atoms with van der Waals surface area (Å²) in [5, 5.41) is 20.2. The van der Waals surface area contributed by atoms with Crippen LogP contribution in [0.15, 0.2) is 65.8 Å². The van der Waals surface area contributed by atoms with Gasteiger partial charge in [-0.1, -0.05) is 36.0 Å². The number of hydrogen-bond donors (Lipinski definition) is 0. The maximum Gasteiger partial charge on any atom is 0.220 e. The Bertz CT molecular complexity index is 1430. The first-order valence-corrected chi connectivity index (χ1v) is 13.0. The van der Waals surface area contributed by atoms with Gasteiger partial charge in [-0.25, -0.2) is 4.39 Å². The summed E-state index contributed by atoms with van der Waals surface area (Å²) in [6.45, 7) is 8.10. The molecule has 1 aromatic heterocycles. The SMILES string of the molecule is CCOc1cc([C@@H](C[N+](=O)[O-])Sc2nnc(C)n2-c2ccc(C)c(C)c2)ccc1OCc1ccc(F)cc1. The molecule has 10 heteroatoms. The van der Waals surface area contributed by atoms with E-state index in [1.807, 2.05) is 44.4 Å². The maximum absolute atomic E-state index is 13.2. The van der Waals surface area contributed by atoms with Gasteiger partial charge in [0.1, 0.15) is 23.5 Å². The minimum Gasteiger partial charge on any atom is -0.490 e. The van der Waals surface area contributed by atoms with Crippen LogP contribution in [0.5, 0.6) is 11.5 Å². The second-order valence-corrected chi connectivity index (χ2v) is 9.98. The lowest BCUT2D eigenvalue weighted by Gasteiger charge is -2.18. The second-order valence-electron chi connectivity index (χ2n) is 8.81. The van der Waals surface area contributed by atoms with Gasteiger partial charge in [0.25, 0.3) is 0 Å². The molecule has 38 heavy (non-hydrogen) atoms. The smallest absolute Gasteiger partial charge is 0.220 e. The Balaban J connectivity index is 1.63. The number of benzene rings is 3. The molecule has 1 atom stereocenters. The van der Waals surface area contributed by atoms with E-state index in [2.05, 4.69) is 16.3 Å². The van der Waals surface area contributed by atoms with Gasteiger partial charge in [-0.15, -0.1) is 10.2 Å². The van der Waals surface area contributed by atoms with Gasteiger partial charge in [0.05, 0.1) is 6.61 Å². The molecule has 4 aromatic rings. The fourth-order valence-corrected chi connectivity index (χ4v) is 5.07. The van der Waals surface area contributed by atoms with Crippen molar-refractivity contribution >= 4 is 11.8 Å². The first-order chi connectivity index (χ1) is 18.2. The van der Waals surface area contributed by atoms with Crippen LogP contribution in [0.2, 0.25) is 0 Å². The fourth-order valence-electron chi connectivity index (χ4n) is 3.91. The number of aromatic nitrogens is 3. The van der Waals surface area contributed by atoms with E-state index in [9.17, 15) is 14.5 Å². The number of ether oxygens (including phenoxy) is 2. The molecular formula is C28H29FN4O4S. The number of thioether (sulfide) groups is 1. The zero-order chi connectivity index (χ0) is 27.2. The average Bonchev–Trinajstić information content (AvgIpc) is 3.25. The fraction of sp³-hybridized carbons (Fsp3) is 0.286. The van der Waals surface area contributed by atoms with Crippen molar-refractivity contribution in [3.05, 3.63) is 105 Å². The van der Waals surface area contributed by atoms with Crippen LogP contribution in [0.3, 0.4) is 0 Å². The van der Waals surface area contributed by atoms with Crippen molar-refractivity contribution < 1.29 is 18.8 Å². The van der Waals surface area contributed by atoms with Crippen LogP contribution in [0.4, 0.5) is 4.39 Å². The summed E-state index contributed by atoms with van der Waals surface area (Å²) in [6.07, 6.45) is 0. The van der Waals surface area contributed by atoms with Crippen LogP contribution in [0.25, 0.3) is 5.69 Å². The molecule has 0 saturated heterocycles. The molecule has 0 fully saturated rings. The lowest BCUT2D eigenvalue weighted by Crippen LogP contribution is -2.12. The summed E-state index contributed by atoms with van der Waals surface area (Å²) >= 11 is 1.28. The predicted molar refractivity (Wildman–Crippen MR) is 144 cm³/mol. The van der Waals surface area contributed by atoms with Gasteiger partial charge in [0, 0.05) is 10.6 Å². The van der Waals surface area contributed by atoms with Crippen molar-refractivity contribution in [3.8, 4) is 17.2 Å². The van der Waals surface area contributed by atoms with Gasteiger partial charge < -0.3 is 9.47 Å². The van der Waals surface area contributed by atoms with Gasteiger partial charge in [0.2, 0.25) is 6.54 Å². The third-order valence-electron chi connectivity index (χ3n) is 6.05. The Hall–Kier alpha value is -3.92. The molecule has 0 saturated carbocycles. The zero-order valence-electron chi connectivity index (χ0n) is 21.7. The first-order valence-electron chi connectivity index (χ1n) is 12.2. The standard InChI is InChI=1S/C28H29FN4O4S/c1-5-36-26-15-22(9-13-25(26)37-17-21-7-10-23(29)11-8-21)27(16-32(34)35)38-28-31-30-20(4)33(28)24-12-6-18(2)19(3)14-24/h6-15,27H,5,16-17H2,1-4H3/t27-/m1/s1. The van der Waals surface area contributed by atoms with Crippen LogP contribution in [-0.2, 0) is 6.61 Å². The molecule has 8 nitrogen and oxygen atoms in total. The molecule has 1 heterocycles. The predicted octanol–water partition coefficient (Wildman–Crippen LogP) is 6.42. The Labute approximate surface area is 225 Å². The van der Waals surface area contributed by atoms with Gasteiger partial charge >= 0.3 is 0 Å². The van der Waals surface area contributed by atoms with Crippen LogP contribution in [-0.4, -0.2) is 32.8 Å². The van der Waals surface area contributed by atoms with Crippen LogP contribution in [0.1, 0.15) is 40.3 Å². The van der Waals surface area contributed by atoms with Gasteiger partial charge in [0.15, 0.2) is 16.7 Å². The molecule has 0 aliphatic carbocycles. The van der Waals surface area contributed by atoms with Gasteiger partial charge in [-0.2, -0.15) is 0 Å². The summed E-state index contributed by atoms with van der Waals surface area (Å²) in [5.41, 5.74) is 4.71. The molecule has 0 aliphatic heterocycles. The lowest BCUT2D eigenvalue weighted by atomic mass is 10.1. The van der Waals surface area contributed by atoms with Crippen LogP contribution in [0, 0.1) is 36.7 Å². The molecule has 0 N–H and O–H groups in total. The third kappa shape index (κ3) is 6.49. The Morgan fingerprint density at radius 1 is 0.974 bits per heavy atom. The van der Waals surface area contributed by atoms with Crippen molar-refractivity contribution in [1.82, 2.24) is 14.8 Å². The van der Waals surface area contributed by atoms with E-state index in [0.29, 0.717) is 34.7 Å². The van der Waals surface area contributed by atoms with Gasteiger partial charge in [-0.05, 0) is 86.3 Å². The number of rotatable bonds is 11. The Morgan fingerprint density at radius 2 is 1.74 bits per heavy atom. The number of nitrogens with zero attached hydrogens (tertiary/aromatic N) is 4. The van der Waals surface area contributed by atoms with Crippen LogP contribution < -0.4 is 9.47 Å². The van der Waals surface area contributed by atoms with Gasteiger partial charge in [-0.3, -0.25) is 14.7 Å². The van der Waals surface area contributed by atoms with Crippen molar-refractivity contribution in [2.24, 2.45) is 0 Å². The topological polar surface area (TPSA) is 92.3 Å². The summed E-state index contributed by atoms with van der Waals surface area (Å²) in [4.78, 5) is 11.3. The minimum absolute atomic E-state index is 0.227. The molecule has 0 amide bonds. The molecule has 0 spiro atoms. The summed E-state index contributed by atoms with van der Waals surface area (Å²) < 4.78 is 26.9. The third-order valence-corrected chi connectivity index (χ3v) is 7.23. The first kappa shape index (κ1) is 27.1. The molecule has 0 aliphatic rings. The van der Waals surface area contributed by atoms with Crippen molar-refractivity contribution in [2.45, 2.75) is 44.7 Å². The van der Waals surface area contributed by atoms with E-state index in [-0.39, 0.29) is 23.9 Å². The lowest BCUT2D eigenvalue weighted by molar-refractivity contribution is -0.479. The Morgan fingerprint density at radius 3 is 2.42 bits per heavy atom. The Kier molecular flexibility index (Phi) is 8.62. The average molecular weight is 537 g/mol. The van der Waals surface area contributed by atoms with E-state index < -0.39 is 5.25 Å². The van der Waals surface area contributed by atoms with E-state index in [1.54, 1.807) is 30.3 Å². The minimum atomic E-state index is -0.552. The normalized spacial score (nSPS) is 11.8. The quantitative estimate of drug-likeness (QED) is 0.124. The van der Waals surface area contributed by atoms with E-state index in [0.717, 1.165) is 16.8 Å². The molecule has 0 unspecified atom stereocenters. The molecule has 0 bridgehead atoms. The summed E-state index contributed by atoms with van der Waals surface area (Å²) in [7, 11) is 0. The molecule has 4 rings (SSSR count). The molecule has 198 valence electrons. The summed E-state index contributed by atoms with van der Waals surface area (Å²) in [5.74, 6) is 1.35. The van der Waals surface area contributed by atoms with Crippen molar-refractivity contribution in [1.29, 1.82) is 0 Å². The highest BCUT2D eigenvalue weighted by atomic mass is 32.2.